The molecule has 5 saturated heterocycles. The lowest BCUT2D eigenvalue weighted by Crippen LogP contribution is -2.54. The van der Waals surface area contributed by atoms with Gasteiger partial charge in [0.1, 0.15) is 56.6 Å². The molecule has 0 saturated carbocycles. The van der Waals surface area contributed by atoms with E-state index in [2.05, 4.69) is 147 Å². The number of rotatable bonds is 12. The van der Waals surface area contributed by atoms with Crippen molar-refractivity contribution in [2.45, 2.75) is 153 Å². The molecule has 35 heteroatoms. The topological polar surface area (TPSA) is 328 Å². The SMILES string of the molecule is CCN1CCC(c2ccc3nc(-c4ccn5cc(C)nc5c4)cc(=O)n3c2)CC1.CCN1CCN(c2ccc3nc(-c4ccn5cc(C)nc5c4)cc(=O)n3c2)CC1.Cc1cn2ccc(-c3cc(=O)n4cc(C5CCN(C)CC5)ccc4n3)cc2n1.Cc1cn2nc(-c3cc(=O)n4cc(N5CCN[C@@H](C)C5)cc(C)c4n3)cc2c(C)n1.Cc1cn2nc(-c3cc(=O)n4cc(N5C[C@@H](C)N[C@@H](C)C5)cc(C)c4n3)cc2c(C)n1. The van der Waals surface area contributed by atoms with E-state index < -0.39 is 0 Å². The highest BCUT2D eigenvalue weighted by atomic mass is 16.1. The number of nitrogens with zero attached hydrogens (tertiary/aromatic N) is 28. The third-order valence-corrected chi connectivity index (χ3v) is 29.1. The van der Waals surface area contributed by atoms with Gasteiger partial charge < -0.3 is 53.2 Å². The summed E-state index contributed by atoms with van der Waals surface area (Å²) in [7, 11) is 2.16. The van der Waals surface area contributed by atoms with Crippen LogP contribution in [0.4, 0.5) is 17.1 Å². The summed E-state index contributed by atoms with van der Waals surface area (Å²) in [5.41, 5.74) is 28.6. The molecule has 0 unspecified atom stereocenters. The molecule has 3 atom stereocenters. The fourth-order valence-electron chi connectivity index (χ4n) is 21.3. The van der Waals surface area contributed by atoms with Crippen LogP contribution in [0, 0.1) is 62.3 Å². The molecule has 147 heavy (non-hydrogen) atoms. The molecule has 25 rings (SSSR count). The summed E-state index contributed by atoms with van der Waals surface area (Å²) in [6.45, 7) is 43.9. The highest BCUT2D eigenvalue weighted by Gasteiger charge is 2.28. The van der Waals surface area contributed by atoms with Crippen molar-refractivity contribution in [3.8, 4) is 56.5 Å². The standard InChI is InChI=1S/C23H27N7O.C23H25N5O.C22H25N7O.C22H24N6O.C22H23N5O/c1-13-6-18(28-9-14(2)24-15(3)10-28)12-29-22(31)8-19(26-23(13)29)20-7-21-17(5)25-16(4)11-30(21)27-20;1-3-26-9-6-17(7-10-26)19-4-5-21-25-20(13-23(29)28(21)15-19)18-8-11-27-14-16(2)24-22(27)12-18;1-13-7-17(27-6-5-23-14(2)10-27)12-28-21(30)9-18(25-22(13)28)19-8-20-16(4)24-15(3)11-29(20)26-19;1-3-25-8-10-26(11-9-25)18-4-5-20-24-19(13-22(29)28(20)15-18)17-6-7-27-14-16(2)23-21(27)12-17;1-15-13-26-10-7-17(11-21(26)23-15)19-12-22(28)27-14-18(3-4-20(27)24-19)16-5-8-25(2)9-6-16/h6-8,11-12,14-15,24H,9-10H2,1-5H3;4-5,8,11-15,17H,3,6-7,9-10H2,1-2H3;7-9,11-12,14,23H,5-6,10H2,1-4H3;4-7,12-15H,3,8-11H2,1-2H3;3-4,7,10-14,16H,5-6,8-9H2,1-2H3/t14-,15+;;14-;;/m..0../s1. The lowest BCUT2D eigenvalue weighted by atomic mass is 9.90. The molecule has 5 aliphatic heterocycles. The Balaban J connectivity index is 0.000000108. The summed E-state index contributed by atoms with van der Waals surface area (Å²) in [6.07, 6.45) is 29.8. The smallest absolute Gasteiger partial charge is 0.258 e. The van der Waals surface area contributed by atoms with Crippen LogP contribution in [0.15, 0.2) is 232 Å². The zero-order valence-corrected chi connectivity index (χ0v) is 86.0. The molecule has 0 spiro atoms. The third-order valence-electron chi connectivity index (χ3n) is 29.1. The number of aryl methyl sites for hydroxylation is 9. The van der Waals surface area contributed by atoms with Crippen LogP contribution in [-0.4, -0.2) is 242 Å². The average molecular weight is 1970 g/mol. The fourth-order valence-corrected chi connectivity index (χ4v) is 21.3. The highest BCUT2D eigenvalue weighted by molar-refractivity contribution is 5.73. The number of imidazole rings is 3. The van der Waals surface area contributed by atoms with Crippen LogP contribution < -0.4 is 53.1 Å². The van der Waals surface area contributed by atoms with Gasteiger partial charge in [-0.25, -0.2) is 48.9 Å². The molecule has 5 fully saturated rings. The van der Waals surface area contributed by atoms with E-state index in [-0.39, 0.29) is 27.8 Å². The monoisotopic (exact) mass is 1970 g/mol. The number of aromatic nitrogens is 22. The summed E-state index contributed by atoms with van der Waals surface area (Å²) < 4.78 is 17.8. The summed E-state index contributed by atoms with van der Waals surface area (Å²) >= 11 is 0. The Morgan fingerprint density at radius 1 is 0.320 bits per heavy atom. The van der Waals surface area contributed by atoms with Crippen LogP contribution >= 0.6 is 0 Å². The van der Waals surface area contributed by atoms with Crippen molar-refractivity contribution < 1.29 is 0 Å². The van der Waals surface area contributed by atoms with Crippen LogP contribution in [0.2, 0.25) is 0 Å². The maximum atomic E-state index is 13.1. The minimum Gasteiger partial charge on any atom is -0.368 e. The predicted octanol–water partition coefficient (Wildman–Crippen LogP) is 13.7. The molecule has 0 amide bonds. The molecular formula is C112H124N30O5. The Kier molecular flexibility index (Phi) is 27.0. The number of anilines is 3. The second-order valence-corrected chi connectivity index (χ2v) is 40.3. The number of piperidine rings is 2. The van der Waals surface area contributed by atoms with Gasteiger partial charge in [0.2, 0.25) is 0 Å². The number of nitrogens with one attached hydrogen (secondary N) is 2. The minimum atomic E-state index is -0.107. The Morgan fingerprint density at radius 2 is 0.701 bits per heavy atom. The van der Waals surface area contributed by atoms with E-state index in [9.17, 15) is 24.0 Å². The predicted molar refractivity (Wildman–Crippen MR) is 578 cm³/mol. The lowest BCUT2D eigenvalue weighted by molar-refractivity contribution is 0.222. The third kappa shape index (κ3) is 20.7. The Labute approximate surface area is 848 Å². The van der Waals surface area contributed by atoms with Gasteiger partial charge in [0, 0.05) is 192 Å². The normalized spacial score (nSPS) is 16.9. The molecule has 0 aromatic carbocycles. The zero-order valence-electron chi connectivity index (χ0n) is 86.0. The van der Waals surface area contributed by atoms with Gasteiger partial charge in [-0.1, -0.05) is 26.0 Å². The van der Waals surface area contributed by atoms with Gasteiger partial charge in [0.25, 0.3) is 27.8 Å². The molecular weight excluding hydrogens is 1850 g/mol. The van der Waals surface area contributed by atoms with Crippen molar-refractivity contribution in [3.63, 3.8) is 0 Å². The second kappa shape index (κ2) is 40.7. The molecule has 25 heterocycles. The van der Waals surface area contributed by atoms with Gasteiger partial charge in [-0.2, -0.15) is 10.2 Å². The van der Waals surface area contributed by atoms with Crippen LogP contribution in [0.25, 0.3) is 113 Å². The first-order valence-electron chi connectivity index (χ1n) is 51.1. The summed E-state index contributed by atoms with van der Waals surface area (Å²) in [5, 5.41) is 16.3. The number of hydrogen-bond acceptors (Lipinski definition) is 25. The van der Waals surface area contributed by atoms with E-state index in [1.54, 1.807) is 61.4 Å². The van der Waals surface area contributed by atoms with Crippen LogP contribution in [-0.2, 0) is 0 Å². The summed E-state index contributed by atoms with van der Waals surface area (Å²) in [5.74, 6) is 1.03. The Hall–Kier alpha value is -15.7. The van der Waals surface area contributed by atoms with Crippen LogP contribution in [0.3, 0.4) is 0 Å². The van der Waals surface area contributed by atoms with Crippen molar-refractivity contribution in [2.75, 3.05) is 120 Å². The molecule has 20 aromatic heterocycles. The highest BCUT2D eigenvalue weighted by Crippen LogP contribution is 2.34. The summed E-state index contributed by atoms with van der Waals surface area (Å²) in [6, 6.07) is 41.3. The maximum absolute atomic E-state index is 13.1. The van der Waals surface area contributed by atoms with Crippen molar-refractivity contribution >= 4 is 73.3 Å². The van der Waals surface area contributed by atoms with Gasteiger partial charge in [-0.05, 0) is 274 Å². The number of likely N-dealkylation sites (tertiary alicyclic amines) is 2. The van der Waals surface area contributed by atoms with E-state index in [1.807, 2.05) is 223 Å². The van der Waals surface area contributed by atoms with Crippen LogP contribution in [0.1, 0.15) is 134 Å². The second-order valence-electron chi connectivity index (χ2n) is 40.3. The number of hydrogen-bond donors (Lipinski definition) is 2. The van der Waals surface area contributed by atoms with Crippen molar-refractivity contribution in [3.05, 3.63) is 322 Å². The molecule has 0 aliphatic carbocycles. The average Bonchev–Trinajstić information content (AvgIpc) is 1.74. The van der Waals surface area contributed by atoms with Crippen molar-refractivity contribution in [2.24, 2.45) is 0 Å². The Bertz CT molecular complexity index is 8570. The van der Waals surface area contributed by atoms with Gasteiger partial charge in [0.05, 0.1) is 109 Å². The molecule has 35 nitrogen and oxygen atoms in total. The van der Waals surface area contributed by atoms with E-state index in [0.717, 1.165) is 237 Å². The van der Waals surface area contributed by atoms with Gasteiger partial charge >= 0.3 is 0 Å². The zero-order chi connectivity index (χ0) is 102. The first-order chi connectivity index (χ1) is 70.9. The Morgan fingerprint density at radius 3 is 1.14 bits per heavy atom. The maximum Gasteiger partial charge on any atom is 0.258 e. The van der Waals surface area contributed by atoms with Crippen molar-refractivity contribution in [1.82, 2.24) is 130 Å². The lowest BCUT2D eigenvalue weighted by Gasteiger charge is -2.37. The number of fused-ring (bicyclic) bond motifs is 10. The summed E-state index contributed by atoms with van der Waals surface area (Å²) in [4.78, 5) is 125. The quantitative estimate of drug-likeness (QED) is 0.115. The van der Waals surface area contributed by atoms with Crippen molar-refractivity contribution in [1.29, 1.82) is 0 Å². The first kappa shape index (κ1) is 97.4. The molecule has 0 bridgehead atoms. The van der Waals surface area contributed by atoms with E-state index in [4.69, 9.17) is 24.9 Å². The first-order valence-corrected chi connectivity index (χ1v) is 51.1. The fraction of sp³-hybridized carbons (Fsp3) is 0.348. The molecule has 752 valence electrons. The van der Waals surface area contributed by atoms with E-state index in [1.165, 1.54) is 11.1 Å². The number of pyridine rings is 8. The number of piperazine rings is 3. The van der Waals surface area contributed by atoms with Gasteiger partial charge in [-0.15, -0.1) is 0 Å². The number of likely N-dealkylation sites (N-methyl/N-ethyl adjacent to an activating group) is 1. The van der Waals surface area contributed by atoms with Gasteiger partial charge in [-0.3, -0.25) is 55.9 Å². The largest absolute Gasteiger partial charge is 0.368 e. The van der Waals surface area contributed by atoms with E-state index in [0.29, 0.717) is 98.1 Å². The van der Waals surface area contributed by atoms with Crippen LogP contribution in [0.5, 0.6) is 0 Å². The molecule has 20 aromatic rings. The molecule has 2 N–H and O–H groups in total. The minimum absolute atomic E-state index is 0.0442. The molecule has 5 aliphatic rings. The van der Waals surface area contributed by atoms with Gasteiger partial charge in [0.15, 0.2) is 0 Å². The molecule has 0 radical (unpaired) electrons. The van der Waals surface area contributed by atoms with E-state index >= 15 is 0 Å².